The van der Waals surface area contributed by atoms with Gasteiger partial charge in [-0.1, -0.05) is 37.3 Å². The minimum atomic E-state index is 0.00810. The lowest BCUT2D eigenvalue weighted by Gasteiger charge is -2.18. The third kappa shape index (κ3) is 3.92. The molecule has 3 heteroatoms. The predicted octanol–water partition coefficient (Wildman–Crippen LogP) is 3.78. The first-order valence-corrected chi connectivity index (χ1v) is 7.21. The molecule has 1 N–H and O–H groups in total. The Labute approximate surface area is 117 Å². The summed E-state index contributed by atoms with van der Waals surface area (Å²) in [7, 11) is 4.79. The highest BCUT2D eigenvalue weighted by molar-refractivity contribution is 7.19. The van der Waals surface area contributed by atoms with Crippen molar-refractivity contribution in [2.45, 2.75) is 25.5 Å². The van der Waals surface area contributed by atoms with Crippen molar-refractivity contribution in [2.75, 3.05) is 7.05 Å². The second-order valence-electron chi connectivity index (χ2n) is 5.34. The first kappa shape index (κ1) is 14.3. The molecule has 0 aliphatic heterocycles. The van der Waals surface area contributed by atoms with Crippen LogP contribution in [-0.2, 0) is 6.54 Å². The Balaban J connectivity index is 2.31. The van der Waals surface area contributed by atoms with E-state index in [4.69, 9.17) is 4.42 Å². The number of allylic oxidation sites excluding steroid dienone is 6. The fourth-order valence-corrected chi connectivity index (χ4v) is 2.25. The van der Waals surface area contributed by atoms with Gasteiger partial charge in [0.1, 0.15) is 11.5 Å². The Kier molecular flexibility index (Phi) is 4.44. The van der Waals surface area contributed by atoms with E-state index in [1.54, 1.807) is 0 Å². The number of rotatable bonds is 3. The van der Waals surface area contributed by atoms with Crippen LogP contribution in [0.25, 0.3) is 5.57 Å². The molecule has 102 valence electrons. The van der Waals surface area contributed by atoms with E-state index < -0.39 is 0 Å². The van der Waals surface area contributed by atoms with Gasteiger partial charge in [0.2, 0.25) is 0 Å². The molecule has 0 aromatic carbocycles. The van der Waals surface area contributed by atoms with Crippen LogP contribution < -0.4 is 5.32 Å². The third-order valence-electron chi connectivity index (χ3n) is 3.12. The first-order chi connectivity index (χ1) is 9.00. The van der Waals surface area contributed by atoms with E-state index >= 15 is 0 Å². The summed E-state index contributed by atoms with van der Waals surface area (Å²) in [5.74, 6) is 2.30. The zero-order valence-corrected chi connectivity index (χ0v) is 13.0. The molecule has 0 saturated heterocycles. The number of furan rings is 1. The van der Waals surface area contributed by atoms with Gasteiger partial charge in [0, 0.05) is 10.7 Å². The van der Waals surface area contributed by atoms with Gasteiger partial charge in [-0.15, -0.1) is 9.24 Å². The molecule has 1 aliphatic carbocycles. The standard InChI is InChI=1S/C16H22NOP/c1-12-6-8-16(2,19)9-7-13(10-12)15-5-4-14(18-15)11-17-3/h4-10,12,17H,11,19H2,1-3H3/b8-6-,9-7-,13-10+. The van der Waals surface area contributed by atoms with E-state index in [9.17, 15) is 0 Å². The Bertz CT molecular complexity index is 523. The summed E-state index contributed by atoms with van der Waals surface area (Å²) in [4.78, 5) is 0. The maximum atomic E-state index is 5.86. The molecule has 1 aliphatic rings. The lowest BCUT2D eigenvalue weighted by atomic mass is 9.97. The van der Waals surface area contributed by atoms with E-state index in [1.807, 2.05) is 19.2 Å². The highest BCUT2D eigenvalue weighted by Crippen LogP contribution is 2.29. The maximum absolute atomic E-state index is 5.86. The fraction of sp³-hybridized carbons (Fsp3) is 0.375. The molecule has 2 rings (SSSR count). The number of nitrogens with one attached hydrogen (secondary N) is 1. The molecule has 0 bridgehead atoms. The summed E-state index contributed by atoms with van der Waals surface area (Å²) in [6.07, 6.45) is 11.0. The zero-order valence-electron chi connectivity index (χ0n) is 11.8. The molecular formula is C16H22NOP. The summed E-state index contributed by atoms with van der Waals surface area (Å²) in [5.41, 5.74) is 1.15. The van der Waals surface area contributed by atoms with Crippen molar-refractivity contribution in [1.29, 1.82) is 0 Å². The minimum Gasteiger partial charge on any atom is -0.460 e. The van der Waals surface area contributed by atoms with Crippen LogP contribution in [0.4, 0.5) is 0 Å². The zero-order chi connectivity index (χ0) is 13.9. The van der Waals surface area contributed by atoms with Crippen LogP contribution in [0, 0.1) is 5.92 Å². The SMILES string of the molecule is CNCc1ccc(C2=C/C(C)/C=C\C(C)(P)/C=C\2)o1. The van der Waals surface area contributed by atoms with E-state index in [2.05, 4.69) is 58.8 Å². The van der Waals surface area contributed by atoms with Crippen LogP contribution in [0.2, 0.25) is 0 Å². The second-order valence-corrected chi connectivity index (χ2v) is 6.58. The topological polar surface area (TPSA) is 25.2 Å². The van der Waals surface area contributed by atoms with Crippen molar-refractivity contribution < 1.29 is 4.42 Å². The van der Waals surface area contributed by atoms with E-state index in [-0.39, 0.29) is 5.16 Å². The first-order valence-electron chi connectivity index (χ1n) is 6.63. The maximum Gasteiger partial charge on any atom is 0.134 e. The van der Waals surface area contributed by atoms with Gasteiger partial charge in [-0.2, -0.15) is 0 Å². The molecule has 19 heavy (non-hydrogen) atoms. The van der Waals surface area contributed by atoms with Crippen LogP contribution in [-0.4, -0.2) is 12.2 Å². The van der Waals surface area contributed by atoms with Gasteiger partial charge < -0.3 is 9.73 Å². The number of hydrogen-bond acceptors (Lipinski definition) is 2. The molecule has 3 unspecified atom stereocenters. The largest absolute Gasteiger partial charge is 0.460 e. The van der Waals surface area contributed by atoms with E-state index in [1.165, 1.54) is 0 Å². The molecule has 1 aromatic heterocycles. The molecule has 0 spiro atoms. The van der Waals surface area contributed by atoms with Crippen molar-refractivity contribution in [3.8, 4) is 0 Å². The van der Waals surface area contributed by atoms with Gasteiger partial charge in [-0.05, 0) is 32.0 Å². The lowest BCUT2D eigenvalue weighted by molar-refractivity contribution is 0.485. The molecule has 2 nitrogen and oxygen atoms in total. The molecule has 0 fully saturated rings. The molecular weight excluding hydrogens is 253 g/mol. The molecule has 0 radical (unpaired) electrons. The van der Waals surface area contributed by atoms with Crippen LogP contribution in [0.1, 0.15) is 25.4 Å². The molecule has 0 saturated carbocycles. The Morgan fingerprint density at radius 1 is 1.37 bits per heavy atom. The van der Waals surface area contributed by atoms with Gasteiger partial charge in [0.05, 0.1) is 6.54 Å². The monoisotopic (exact) mass is 275 g/mol. The van der Waals surface area contributed by atoms with Crippen molar-refractivity contribution >= 4 is 14.8 Å². The van der Waals surface area contributed by atoms with Crippen LogP contribution in [0.5, 0.6) is 0 Å². The average Bonchev–Trinajstić information content (AvgIpc) is 2.80. The van der Waals surface area contributed by atoms with Crippen LogP contribution >= 0.6 is 9.24 Å². The van der Waals surface area contributed by atoms with E-state index in [0.717, 1.165) is 23.6 Å². The molecule has 1 aromatic rings. The van der Waals surface area contributed by atoms with Crippen molar-refractivity contribution in [3.63, 3.8) is 0 Å². The van der Waals surface area contributed by atoms with Gasteiger partial charge in [0.15, 0.2) is 0 Å². The molecule has 1 heterocycles. The smallest absolute Gasteiger partial charge is 0.134 e. The number of hydrogen-bond donors (Lipinski definition) is 1. The summed E-state index contributed by atoms with van der Waals surface area (Å²) < 4.78 is 5.86. The summed E-state index contributed by atoms with van der Waals surface area (Å²) in [6, 6.07) is 4.07. The normalized spacial score (nSPS) is 33.1. The highest BCUT2D eigenvalue weighted by atomic mass is 31.0. The summed E-state index contributed by atoms with van der Waals surface area (Å²) in [6.45, 7) is 5.12. The lowest BCUT2D eigenvalue weighted by Crippen LogP contribution is -2.08. The molecule has 3 atom stereocenters. The fourth-order valence-electron chi connectivity index (χ4n) is 2.04. The average molecular weight is 275 g/mol. The van der Waals surface area contributed by atoms with Crippen molar-refractivity contribution in [1.82, 2.24) is 5.32 Å². The van der Waals surface area contributed by atoms with Crippen molar-refractivity contribution in [3.05, 3.63) is 54.0 Å². The van der Waals surface area contributed by atoms with Gasteiger partial charge in [0.25, 0.3) is 0 Å². The highest BCUT2D eigenvalue weighted by Gasteiger charge is 2.14. The Hall–Kier alpha value is -1.11. The Morgan fingerprint density at radius 3 is 2.89 bits per heavy atom. The van der Waals surface area contributed by atoms with Gasteiger partial charge in [-0.3, -0.25) is 0 Å². The predicted molar refractivity (Wildman–Crippen MR) is 85.0 cm³/mol. The van der Waals surface area contributed by atoms with Crippen molar-refractivity contribution in [2.24, 2.45) is 5.92 Å². The molecule has 0 amide bonds. The second kappa shape index (κ2) is 5.90. The van der Waals surface area contributed by atoms with Gasteiger partial charge >= 0.3 is 0 Å². The Morgan fingerprint density at radius 2 is 2.16 bits per heavy atom. The van der Waals surface area contributed by atoms with E-state index in [0.29, 0.717) is 5.92 Å². The summed E-state index contributed by atoms with van der Waals surface area (Å²) >= 11 is 0. The summed E-state index contributed by atoms with van der Waals surface area (Å²) in [5, 5.41) is 3.11. The van der Waals surface area contributed by atoms with Gasteiger partial charge in [-0.25, -0.2) is 0 Å². The quantitative estimate of drug-likeness (QED) is 0.671. The van der Waals surface area contributed by atoms with Crippen LogP contribution in [0.3, 0.4) is 0 Å². The third-order valence-corrected chi connectivity index (χ3v) is 3.51. The minimum absolute atomic E-state index is 0.00810. The van der Waals surface area contributed by atoms with Crippen LogP contribution in [0.15, 0.2) is 46.9 Å².